The van der Waals surface area contributed by atoms with Crippen molar-refractivity contribution in [3.05, 3.63) is 52.8 Å². The summed E-state index contributed by atoms with van der Waals surface area (Å²) in [5.41, 5.74) is 0.768. The number of anilines is 1. The van der Waals surface area contributed by atoms with Gasteiger partial charge in [-0.2, -0.15) is 5.10 Å². The molecule has 0 unspecified atom stereocenters. The molecule has 2 aromatic carbocycles. The number of phenolic OH excluding ortho intramolecular Hbond substituents is 1. The second kappa shape index (κ2) is 8.57. The van der Waals surface area contributed by atoms with E-state index in [0.29, 0.717) is 11.6 Å². The second-order valence-corrected chi connectivity index (χ2v) is 6.30. The maximum absolute atomic E-state index is 12.6. The molecule has 29 heavy (non-hydrogen) atoms. The standard InChI is InChI=1S/C19H18N4O5S/c1-27-12-8-6-11(7-9-12)17-21-22-19(29)23(17)10-15(24)20-14-5-3-4-13(16(14)25)18(26)28-2/h3-9,25H,10H2,1-2H3,(H,20,24)(H,22,29). The topological polar surface area (TPSA) is 118 Å². The number of para-hydroxylation sites is 1. The van der Waals surface area contributed by atoms with Gasteiger partial charge in [-0.1, -0.05) is 6.07 Å². The van der Waals surface area contributed by atoms with Gasteiger partial charge in [0.05, 0.1) is 19.9 Å². The predicted octanol–water partition coefficient (Wildman–Crippen LogP) is 2.75. The van der Waals surface area contributed by atoms with Crippen LogP contribution in [0.5, 0.6) is 11.5 Å². The van der Waals surface area contributed by atoms with Gasteiger partial charge in [0.2, 0.25) is 5.91 Å². The molecule has 3 aromatic rings. The molecule has 9 nitrogen and oxygen atoms in total. The molecule has 0 saturated carbocycles. The lowest BCUT2D eigenvalue weighted by Crippen LogP contribution is -2.20. The van der Waals surface area contributed by atoms with E-state index in [-0.39, 0.29) is 28.3 Å². The fourth-order valence-corrected chi connectivity index (χ4v) is 2.87. The van der Waals surface area contributed by atoms with E-state index in [1.165, 1.54) is 29.9 Å². The Morgan fingerprint density at radius 3 is 2.59 bits per heavy atom. The van der Waals surface area contributed by atoms with Crippen molar-refractivity contribution < 1.29 is 24.2 Å². The van der Waals surface area contributed by atoms with E-state index in [2.05, 4.69) is 20.3 Å². The van der Waals surface area contributed by atoms with Crippen LogP contribution in [0.4, 0.5) is 5.69 Å². The number of methoxy groups -OCH3 is 2. The van der Waals surface area contributed by atoms with Crippen molar-refractivity contribution in [2.45, 2.75) is 6.54 Å². The summed E-state index contributed by atoms with van der Waals surface area (Å²) in [6.07, 6.45) is 0. The van der Waals surface area contributed by atoms with E-state index in [1.54, 1.807) is 31.4 Å². The van der Waals surface area contributed by atoms with Gasteiger partial charge in [-0.15, -0.1) is 0 Å². The number of carbonyl (C=O) groups is 2. The van der Waals surface area contributed by atoms with Gasteiger partial charge in [0.1, 0.15) is 17.9 Å². The molecular weight excluding hydrogens is 396 g/mol. The SMILES string of the molecule is COC(=O)c1cccc(NC(=O)Cn2c(-c3ccc(OC)cc3)n[nH]c2=S)c1O. The number of nitrogens with zero attached hydrogens (tertiary/aromatic N) is 2. The maximum Gasteiger partial charge on any atom is 0.341 e. The number of hydrogen-bond acceptors (Lipinski definition) is 7. The fourth-order valence-electron chi connectivity index (χ4n) is 2.68. The number of amides is 1. The van der Waals surface area contributed by atoms with E-state index in [4.69, 9.17) is 17.0 Å². The first-order chi connectivity index (χ1) is 13.9. The number of aromatic amines is 1. The molecule has 0 radical (unpaired) electrons. The van der Waals surface area contributed by atoms with Crippen LogP contribution < -0.4 is 10.1 Å². The number of phenols is 1. The molecule has 0 bridgehead atoms. The van der Waals surface area contributed by atoms with Gasteiger partial charge in [0, 0.05) is 5.56 Å². The van der Waals surface area contributed by atoms with E-state index in [1.807, 2.05) is 0 Å². The van der Waals surface area contributed by atoms with E-state index >= 15 is 0 Å². The molecule has 3 N–H and O–H groups in total. The van der Waals surface area contributed by atoms with Crippen LogP contribution in [0.3, 0.4) is 0 Å². The first-order valence-corrected chi connectivity index (χ1v) is 8.85. The number of H-pyrrole nitrogens is 1. The molecule has 1 heterocycles. The lowest BCUT2D eigenvalue weighted by Gasteiger charge is -2.11. The molecule has 3 rings (SSSR count). The monoisotopic (exact) mass is 414 g/mol. The summed E-state index contributed by atoms with van der Waals surface area (Å²) in [6, 6.07) is 11.5. The summed E-state index contributed by atoms with van der Waals surface area (Å²) in [7, 11) is 2.77. The third kappa shape index (κ3) is 4.27. The van der Waals surface area contributed by atoms with Crippen molar-refractivity contribution in [2.24, 2.45) is 0 Å². The van der Waals surface area contributed by atoms with Crippen LogP contribution in [0.1, 0.15) is 10.4 Å². The van der Waals surface area contributed by atoms with Gasteiger partial charge in [-0.3, -0.25) is 14.5 Å². The van der Waals surface area contributed by atoms with Crippen LogP contribution in [0.25, 0.3) is 11.4 Å². The highest BCUT2D eigenvalue weighted by molar-refractivity contribution is 7.71. The Kier molecular flexibility index (Phi) is 5.93. The Balaban J connectivity index is 1.83. The number of aromatic hydroxyl groups is 1. The van der Waals surface area contributed by atoms with Gasteiger partial charge in [0.15, 0.2) is 16.3 Å². The zero-order valence-electron chi connectivity index (χ0n) is 15.6. The first kappa shape index (κ1) is 20.1. The fraction of sp³-hybridized carbons (Fsp3) is 0.158. The van der Waals surface area contributed by atoms with E-state index in [9.17, 15) is 14.7 Å². The summed E-state index contributed by atoms with van der Waals surface area (Å²) in [6.45, 7) is -0.154. The average Bonchev–Trinajstić information content (AvgIpc) is 3.09. The number of carbonyl (C=O) groups excluding carboxylic acids is 2. The molecule has 0 fully saturated rings. The van der Waals surface area contributed by atoms with Crippen LogP contribution in [0, 0.1) is 4.77 Å². The third-order valence-electron chi connectivity index (χ3n) is 4.12. The quantitative estimate of drug-likeness (QED) is 0.322. The Bertz CT molecular complexity index is 1100. The zero-order valence-corrected chi connectivity index (χ0v) is 16.4. The Morgan fingerprint density at radius 2 is 1.93 bits per heavy atom. The van der Waals surface area contributed by atoms with Crippen molar-refractivity contribution in [1.82, 2.24) is 14.8 Å². The Morgan fingerprint density at radius 1 is 1.21 bits per heavy atom. The number of rotatable bonds is 6. The Labute approximate surface area is 170 Å². The van der Waals surface area contributed by atoms with Crippen molar-refractivity contribution in [1.29, 1.82) is 0 Å². The number of ether oxygens (including phenoxy) is 2. The molecule has 0 aliphatic rings. The lowest BCUT2D eigenvalue weighted by molar-refractivity contribution is -0.116. The molecule has 10 heteroatoms. The summed E-state index contributed by atoms with van der Waals surface area (Å²) >= 11 is 5.23. The van der Waals surface area contributed by atoms with Crippen molar-refractivity contribution in [2.75, 3.05) is 19.5 Å². The van der Waals surface area contributed by atoms with Crippen LogP contribution in [-0.4, -0.2) is 46.0 Å². The predicted molar refractivity (Wildman–Crippen MR) is 107 cm³/mol. The highest BCUT2D eigenvalue weighted by Crippen LogP contribution is 2.28. The van der Waals surface area contributed by atoms with Gasteiger partial charge < -0.3 is 19.9 Å². The largest absolute Gasteiger partial charge is 0.505 e. The highest BCUT2D eigenvalue weighted by Gasteiger charge is 2.17. The van der Waals surface area contributed by atoms with Gasteiger partial charge in [0.25, 0.3) is 0 Å². The molecule has 1 aromatic heterocycles. The van der Waals surface area contributed by atoms with Crippen molar-refractivity contribution >= 4 is 29.8 Å². The number of esters is 1. The normalized spacial score (nSPS) is 10.4. The Hall–Kier alpha value is -3.66. The summed E-state index contributed by atoms with van der Waals surface area (Å²) in [5, 5.41) is 19.6. The second-order valence-electron chi connectivity index (χ2n) is 5.91. The molecule has 0 saturated heterocycles. The third-order valence-corrected chi connectivity index (χ3v) is 4.44. The molecule has 0 spiro atoms. The molecule has 0 aliphatic heterocycles. The first-order valence-electron chi connectivity index (χ1n) is 8.44. The number of aromatic nitrogens is 3. The summed E-state index contributed by atoms with van der Waals surface area (Å²) in [5.74, 6) is -0.389. The number of nitrogens with one attached hydrogen (secondary N) is 2. The summed E-state index contributed by atoms with van der Waals surface area (Å²) < 4.78 is 11.5. The zero-order chi connectivity index (χ0) is 21.0. The van der Waals surface area contributed by atoms with Crippen molar-refractivity contribution in [3.8, 4) is 22.9 Å². The van der Waals surface area contributed by atoms with Gasteiger partial charge in [-0.25, -0.2) is 4.79 Å². The van der Waals surface area contributed by atoms with Crippen LogP contribution >= 0.6 is 12.2 Å². The molecule has 0 aliphatic carbocycles. The minimum Gasteiger partial charge on any atom is -0.505 e. The van der Waals surface area contributed by atoms with E-state index in [0.717, 1.165) is 5.56 Å². The van der Waals surface area contributed by atoms with Crippen LogP contribution in [0.2, 0.25) is 0 Å². The summed E-state index contributed by atoms with van der Waals surface area (Å²) in [4.78, 5) is 24.2. The van der Waals surface area contributed by atoms with Crippen LogP contribution in [0.15, 0.2) is 42.5 Å². The van der Waals surface area contributed by atoms with Crippen molar-refractivity contribution in [3.63, 3.8) is 0 Å². The minimum atomic E-state index is -0.711. The van der Waals surface area contributed by atoms with Gasteiger partial charge in [-0.05, 0) is 48.6 Å². The molecule has 0 atom stereocenters. The minimum absolute atomic E-state index is 0.0517. The molecule has 150 valence electrons. The molecular formula is C19H18N4O5S. The number of benzene rings is 2. The van der Waals surface area contributed by atoms with Gasteiger partial charge >= 0.3 is 5.97 Å². The number of hydrogen-bond donors (Lipinski definition) is 3. The van der Waals surface area contributed by atoms with E-state index < -0.39 is 11.9 Å². The lowest BCUT2D eigenvalue weighted by atomic mass is 10.1. The average molecular weight is 414 g/mol. The molecule has 1 amide bonds. The smallest absolute Gasteiger partial charge is 0.341 e. The van der Waals surface area contributed by atoms with Crippen LogP contribution in [-0.2, 0) is 16.1 Å². The maximum atomic E-state index is 12.6. The highest BCUT2D eigenvalue weighted by atomic mass is 32.1.